The van der Waals surface area contributed by atoms with Crippen molar-refractivity contribution in [2.45, 2.75) is 121 Å². The maximum atomic E-state index is 12.3. The van der Waals surface area contributed by atoms with Crippen LogP contribution in [0, 0.1) is 0 Å². The molecule has 0 aliphatic heterocycles. The zero-order valence-electron chi connectivity index (χ0n) is 29.3. The van der Waals surface area contributed by atoms with E-state index in [2.05, 4.69) is 26.3 Å². The van der Waals surface area contributed by atoms with Crippen LogP contribution in [0.2, 0.25) is 0 Å². The number of aromatic nitrogens is 1. The number of amides is 4. The lowest BCUT2D eigenvalue weighted by Gasteiger charge is -2.20. The average Bonchev–Trinajstić information content (AvgIpc) is 3.05. The Labute approximate surface area is 298 Å². The molecule has 0 bridgehead atoms. The molecule has 0 saturated carbocycles. The third-order valence-electron chi connectivity index (χ3n) is 7.89. The van der Waals surface area contributed by atoms with Gasteiger partial charge in [0.1, 0.15) is 12.1 Å². The molecule has 4 amide bonds. The van der Waals surface area contributed by atoms with Crippen LogP contribution in [-0.2, 0) is 35.3 Å². The Hall–Kier alpha value is -4.80. The Morgan fingerprint density at radius 3 is 1.90 bits per heavy atom. The molecule has 17 heteroatoms. The molecule has 17 nitrogen and oxygen atoms in total. The number of nitrogens with zero attached hydrogens (tertiary/aromatic N) is 2. The van der Waals surface area contributed by atoms with Crippen molar-refractivity contribution >= 4 is 41.7 Å². The van der Waals surface area contributed by atoms with Crippen molar-refractivity contribution < 1.29 is 54.0 Å². The van der Waals surface area contributed by atoms with Crippen LogP contribution in [0.15, 0.2) is 24.4 Å². The molecule has 3 unspecified atom stereocenters. The lowest BCUT2D eigenvalue weighted by atomic mass is 10.1. The van der Waals surface area contributed by atoms with Gasteiger partial charge in [0.15, 0.2) is 0 Å². The molecule has 1 heterocycles. The first-order chi connectivity index (χ1) is 24.3. The van der Waals surface area contributed by atoms with E-state index in [1.165, 1.54) is 0 Å². The molecule has 1 aromatic heterocycles. The Morgan fingerprint density at radius 1 is 0.686 bits per heavy atom. The predicted molar refractivity (Wildman–Crippen MR) is 185 cm³/mol. The van der Waals surface area contributed by atoms with Crippen molar-refractivity contribution in [3.63, 3.8) is 0 Å². The van der Waals surface area contributed by atoms with Gasteiger partial charge < -0.3 is 41.7 Å². The van der Waals surface area contributed by atoms with E-state index in [1.807, 2.05) is 30.0 Å². The number of carbonyl (C=O) groups is 7. The highest BCUT2D eigenvalue weighted by Crippen LogP contribution is 2.09. The fourth-order valence-corrected chi connectivity index (χ4v) is 5.19. The van der Waals surface area contributed by atoms with Gasteiger partial charge >= 0.3 is 29.9 Å². The topological polar surface area (TPSA) is 265 Å². The highest BCUT2D eigenvalue weighted by Gasteiger charge is 2.24. The van der Waals surface area contributed by atoms with Crippen LogP contribution in [0.1, 0.15) is 103 Å². The molecule has 0 aliphatic rings. The number of urea groups is 1. The number of hydrogen-bond donors (Lipinski definition) is 8. The molecule has 0 fully saturated rings. The van der Waals surface area contributed by atoms with Crippen LogP contribution < -0.4 is 21.3 Å². The molecule has 8 N–H and O–H groups in total. The van der Waals surface area contributed by atoms with Crippen molar-refractivity contribution in [3.8, 4) is 0 Å². The van der Waals surface area contributed by atoms with Crippen LogP contribution in [0.5, 0.6) is 0 Å². The summed E-state index contributed by atoms with van der Waals surface area (Å²) >= 11 is 0. The van der Waals surface area contributed by atoms with Gasteiger partial charge in [0.05, 0.1) is 12.2 Å². The van der Waals surface area contributed by atoms with Crippen LogP contribution >= 0.6 is 0 Å². The Bertz CT molecular complexity index is 1250. The van der Waals surface area contributed by atoms with Gasteiger partial charge in [-0.3, -0.25) is 29.1 Å². The summed E-state index contributed by atoms with van der Waals surface area (Å²) in [4.78, 5) is 87.3. The minimum Gasteiger partial charge on any atom is -0.481 e. The first-order valence-electron chi connectivity index (χ1n) is 17.4. The van der Waals surface area contributed by atoms with Crippen molar-refractivity contribution in [2.75, 3.05) is 19.6 Å². The fourth-order valence-electron chi connectivity index (χ4n) is 5.19. The summed E-state index contributed by atoms with van der Waals surface area (Å²) in [6.45, 7) is 3.29. The van der Waals surface area contributed by atoms with Gasteiger partial charge in [-0.15, -0.1) is 0 Å². The minimum atomic E-state index is -1.48. The van der Waals surface area contributed by atoms with Gasteiger partial charge in [0.25, 0.3) is 0 Å². The van der Waals surface area contributed by atoms with E-state index in [-0.39, 0.29) is 37.2 Å². The second-order valence-corrected chi connectivity index (χ2v) is 12.5. The largest absolute Gasteiger partial charge is 0.481 e. The molecule has 1 rings (SSSR count). The number of carboxylic acids is 4. The van der Waals surface area contributed by atoms with Gasteiger partial charge in [-0.1, -0.05) is 25.3 Å². The molecule has 0 aromatic carbocycles. The molecule has 0 saturated heterocycles. The number of rotatable bonds is 29. The SMILES string of the molecule is CC(CCCCN(CC(=O)O)Cc1ccccn1)NC(=O)CCCCCCC(=O)NCCCCC(NC(=O)NC(CCC(=O)O)C(=O)O)C(=O)O. The van der Waals surface area contributed by atoms with E-state index in [9.17, 15) is 43.8 Å². The van der Waals surface area contributed by atoms with E-state index in [4.69, 9.17) is 10.2 Å². The maximum Gasteiger partial charge on any atom is 0.326 e. The molecule has 3 atom stereocenters. The zero-order valence-corrected chi connectivity index (χ0v) is 29.3. The number of carboxylic acid groups (broad SMARTS) is 4. The van der Waals surface area contributed by atoms with E-state index in [0.29, 0.717) is 58.2 Å². The third-order valence-corrected chi connectivity index (χ3v) is 7.89. The highest BCUT2D eigenvalue weighted by atomic mass is 16.4. The molecule has 0 spiro atoms. The standard InChI is InChI=1S/C34H54N6O11/c1-24(12-8-11-21-40(23-31(45)46)22-25-13-6-9-19-35-25)37-29(42)16-5-3-2-4-15-28(41)36-20-10-7-14-26(32(47)48)38-34(51)39-27(33(49)50)17-18-30(43)44/h6,9,13,19,24,26-27H,2-5,7-8,10-12,14-18,20-23H2,1H3,(H,36,41)(H,37,42)(H,43,44)(H,45,46)(H,47,48)(H,49,50)(H2,38,39,51). The summed E-state index contributed by atoms with van der Waals surface area (Å²) in [5.74, 6) is -5.04. The summed E-state index contributed by atoms with van der Waals surface area (Å²) in [5.41, 5.74) is 0.816. The maximum absolute atomic E-state index is 12.3. The first kappa shape index (κ1) is 44.2. The molecule has 286 valence electrons. The van der Waals surface area contributed by atoms with E-state index in [1.54, 1.807) is 6.20 Å². The Balaban J connectivity index is 2.13. The fraction of sp³-hybridized carbons (Fsp3) is 0.647. The smallest absolute Gasteiger partial charge is 0.326 e. The van der Waals surface area contributed by atoms with Crippen LogP contribution in [0.25, 0.3) is 0 Å². The summed E-state index contributed by atoms with van der Waals surface area (Å²) in [7, 11) is 0. The van der Waals surface area contributed by atoms with E-state index < -0.39 is 48.4 Å². The molecule has 1 aromatic rings. The Kier molecular flexibility index (Phi) is 22.6. The molecule has 0 aliphatic carbocycles. The van der Waals surface area contributed by atoms with E-state index in [0.717, 1.165) is 37.8 Å². The summed E-state index contributed by atoms with van der Waals surface area (Å²) < 4.78 is 0. The lowest BCUT2D eigenvalue weighted by Crippen LogP contribution is -2.51. The van der Waals surface area contributed by atoms with Crippen LogP contribution in [-0.4, -0.2) is 110 Å². The summed E-state index contributed by atoms with van der Waals surface area (Å²) in [6.07, 6.45) is 7.79. The third kappa shape index (κ3) is 23.3. The number of nitrogens with one attached hydrogen (secondary N) is 4. The number of carbonyl (C=O) groups excluding carboxylic acids is 3. The summed E-state index contributed by atoms with van der Waals surface area (Å²) in [6, 6.07) is 1.74. The highest BCUT2D eigenvalue weighted by molar-refractivity contribution is 5.86. The monoisotopic (exact) mass is 722 g/mol. The van der Waals surface area contributed by atoms with Gasteiger partial charge in [0.2, 0.25) is 11.8 Å². The van der Waals surface area contributed by atoms with Crippen molar-refractivity contribution in [3.05, 3.63) is 30.1 Å². The number of unbranched alkanes of at least 4 members (excludes halogenated alkanes) is 5. The molecular weight excluding hydrogens is 668 g/mol. The van der Waals surface area contributed by atoms with E-state index >= 15 is 0 Å². The minimum absolute atomic E-state index is 0.00381. The average molecular weight is 723 g/mol. The van der Waals surface area contributed by atoms with Crippen molar-refractivity contribution in [1.29, 1.82) is 0 Å². The quantitative estimate of drug-likeness (QED) is 0.0553. The number of hydrogen-bond acceptors (Lipinski definition) is 9. The molecular formula is C34H54N6O11. The second kappa shape index (κ2) is 26.1. The van der Waals surface area contributed by atoms with Gasteiger partial charge in [-0.25, -0.2) is 14.4 Å². The van der Waals surface area contributed by atoms with Gasteiger partial charge in [-0.2, -0.15) is 0 Å². The zero-order chi connectivity index (χ0) is 38.0. The van der Waals surface area contributed by atoms with Crippen LogP contribution in [0.4, 0.5) is 4.79 Å². The number of aliphatic carboxylic acids is 4. The molecule has 0 radical (unpaired) electrons. The van der Waals surface area contributed by atoms with Gasteiger partial charge in [-0.05, 0) is 77.0 Å². The van der Waals surface area contributed by atoms with Crippen LogP contribution in [0.3, 0.4) is 0 Å². The van der Waals surface area contributed by atoms with Gasteiger partial charge in [0, 0.05) is 44.6 Å². The first-order valence-corrected chi connectivity index (χ1v) is 17.4. The number of pyridine rings is 1. The summed E-state index contributed by atoms with van der Waals surface area (Å²) in [5, 5.41) is 46.5. The van der Waals surface area contributed by atoms with Crippen molar-refractivity contribution in [1.82, 2.24) is 31.2 Å². The lowest BCUT2D eigenvalue weighted by molar-refractivity contribution is -0.141. The second-order valence-electron chi connectivity index (χ2n) is 12.5. The normalized spacial score (nSPS) is 12.7. The predicted octanol–water partition coefficient (Wildman–Crippen LogP) is 2.34. The molecule has 51 heavy (non-hydrogen) atoms. The van der Waals surface area contributed by atoms with Crippen molar-refractivity contribution in [2.24, 2.45) is 0 Å². The Morgan fingerprint density at radius 2 is 1.31 bits per heavy atom.